The highest BCUT2D eigenvalue weighted by Gasteiger charge is 2.44. The smallest absolute Gasteiger partial charge is 0.117 e. The van der Waals surface area contributed by atoms with Crippen LogP contribution in [-0.4, -0.2) is 45.7 Å². The summed E-state index contributed by atoms with van der Waals surface area (Å²) in [7, 11) is 0. The summed E-state index contributed by atoms with van der Waals surface area (Å²) >= 11 is 0. The normalized spacial score (nSPS) is 30.6. The molecule has 2 saturated carbocycles. The number of aromatic nitrogens is 3. The van der Waals surface area contributed by atoms with Crippen LogP contribution in [0.2, 0.25) is 0 Å². The van der Waals surface area contributed by atoms with Gasteiger partial charge in [0, 0.05) is 25.9 Å². The van der Waals surface area contributed by atoms with Crippen molar-refractivity contribution in [1.29, 1.82) is 0 Å². The summed E-state index contributed by atoms with van der Waals surface area (Å²) < 4.78 is 14.2. The number of furan rings is 1. The number of hydrogen-bond donors (Lipinski definition) is 0. The zero-order valence-electron chi connectivity index (χ0n) is 16.9. The number of ether oxygens (including phenoxy) is 1. The highest BCUT2D eigenvalue weighted by Crippen LogP contribution is 2.43. The van der Waals surface area contributed by atoms with Gasteiger partial charge in [0.2, 0.25) is 0 Å². The van der Waals surface area contributed by atoms with E-state index in [9.17, 15) is 0 Å². The van der Waals surface area contributed by atoms with Crippen LogP contribution in [0.15, 0.2) is 29.0 Å². The van der Waals surface area contributed by atoms with Crippen LogP contribution >= 0.6 is 0 Å². The molecule has 28 heavy (non-hydrogen) atoms. The monoisotopic (exact) mass is 384 g/mol. The molecule has 2 aromatic rings. The van der Waals surface area contributed by atoms with Gasteiger partial charge < -0.3 is 9.15 Å². The fourth-order valence-corrected chi connectivity index (χ4v) is 5.09. The Morgan fingerprint density at radius 3 is 2.82 bits per heavy atom. The van der Waals surface area contributed by atoms with Crippen molar-refractivity contribution in [2.75, 3.05) is 19.7 Å². The Morgan fingerprint density at radius 1 is 1.21 bits per heavy atom. The third kappa shape index (κ3) is 4.03. The topological polar surface area (TPSA) is 56.3 Å². The van der Waals surface area contributed by atoms with Crippen molar-refractivity contribution in [3.8, 4) is 0 Å². The average Bonchev–Trinajstić information content (AvgIpc) is 3.07. The summed E-state index contributed by atoms with van der Waals surface area (Å²) in [6.07, 6.45) is 11.3. The summed E-state index contributed by atoms with van der Waals surface area (Å²) in [6, 6.07) is 4.38. The Hall–Kier alpha value is -1.66. The number of nitrogens with zero attached hydrogens (tertiary/aromatic N) is 4. The first-order chi connectivity index (χ1) is 13.8. The second kappa shape index (κ2) is 7.99. The summed E-state index contributed by atoms with van der Waals surface area (Å²) in [6.45, 7) is 6.33. The highest BCUT2D eigenvalue weighted by molar-refractivity contribution is 5.02. The lowest BCUT2D eigenvalue weighted by atomic mass is 9.77. The van der Waals surface area contributed by atoms with E-state index in [0.29, 0.717) is 17.9 Å². The minimum atomic E-state index is 0.265. The second-order valence-corrected chi connectivity index (χ2v) is 9.09. The van der Waals surface area contributed by atoms with Gasteiger partial charge in [-0.25, -0.2) is 4.68 Å². The van der Waals surface area contributed by atoms with Crippen LogP contribution < -0.4 is 0 Å². The van der Waals surface area contributed by atoms with Crippen LogP contribution in [-0.2, 0) is 17.7 Å². The molecule has 5 rings (SSSR count). The molecular formula is C22H32N4O2. The molecule has 0 radical (unpaired) electrons. The van der Waals surface area contributed by atoms with Crippen molar-refractivity contribution in [2.24, 2.45) is 17.8 Å². The molecule has 6 heteroatoms. The predicted octanol–water partition coefficient (Wildman–Crippen LogP) is 3.70. The Morgan fingerprint density at radius 2 is 2.07 bits per heavy atom. The molecule has 6 nitrogen and oxygen atoms in total. The molecule has 1 saturated heterocycles. The van der Waals surface area contributed by atoms with Gasteiger partial charge in [-0.2, -0.15) is 0 Å². The third-order valence-electron chi connectivity index (χ3n) is 6.77. The molecule has 3 heterocycles. The van der Waals surface area contributed by atoms with E-state index in [1.54, 1.807) is 6.26 Å². The zero-order chi connectivity index (χ0) is 18.9. The average molecular weight is 385 g/mol. The Kier molecular flexibility index (Phi) is 5.24. The summed E-state index contributed by atoms with van der Waals surface area (Å²) in [5.74, 6) is 3.29. The SMILES string of the molecule is CCCc1cn([C@@H]2C[C@@H]3CN(Cc4ccco4)C[C@@H]3C[C@H]2OCC2CC2)nn1. The maximum absolute atomic E-state index is 6.47. The van der Waals surface area contributed by atoms with Crippen molar-refractivity contribution in [3.63, 3.8) is 0 Å². The number of hydrogen-bond acceptors (Lipinski definition) is 5. The Bertz CT molecular complexity index is 754. The number of fused-ring (bicyclic) bond motifs is 1. The molecule has 0 spiro atoms. The molecular weight excluding hydrogens is 352 g/mol. The molecule has 4 atom stereocenters. The van der Waals surface area contributed by atoms with Gasteiger partial charge in [-0.15, -0.1) is 5.10 Å². The van der Waals surface area contributed by atoms with Crippen molar-refractivity contribution in [1.82, 2.24) is 19.9 Å². The van der Waals surface area contributed by atoms with E-state index in [0.717, 1.165) is 69.3 Å². The molecule has 2 aromatic heterocycles. The quantitative estimate of drug-likeness (QED) is 0.695. The molecule has 3 fully saturated rings. The zero-order valence-corrected chi connectivity index (χ0v) is 16.9. The molecule has 1 aliphatic heterocycles. The van der Waals surface area contributed by atoms with Crippen LogP contribution in [0.5, 0.6) is 0 Å². The molecule has 0 bridgehead atoms. The van der Waals surface area contributed by atoms with Gasteiger partial charge in [0.15, 0.2) is 0 Å². The number of likely N-dealkylation sites (tertiary alicyclic amines) is 1. The number of rotatable bonds is 8. The molecule has 2 aliphatic carbocycles. The van der Waals surface area contributed by atoms with E-state index >= 15 is 0 Å². The van der Waals surface area contributed by atoms with Gasteiger partial charge >= 0.3 is 0 Å². The molecule has 0 unspecified atom stereocenters. The molecule has 152 valence electrons. The van der Waals surface area contributed by atoms with E-state index in [4.69, 9.17) is 9.15 Å². The molecule has 0 N–H and O–H groups in total. The van der Waals surface area contributed by atoms with Crippen LogP contribution in [0, 0.1) is 17.8 Å². The number of aryl methyl sites for hydroxylation is 1. The Balaban J connectivity index is 1.28. The predicted molar refractivity (Wildman–Crippen MR) is 106 cm³/mol. The van der Waals surface area contributed by atoms with Crippen molar-refractivity contribution >= 4 is 0 Å². The summed E-state index contributed by atoms with van der Waals surface area (Å²) in [5, 5.41) is 8.91. The summed E-state index contributed by atoms with van der Waals surface area (Å²) in [5.41, 5.74) is 1.11. The fraction of sp³-hybridized carbons (Fsp3) is 0.727. The summed E-state index contributed by atoms with van der Waals surface area (Å²) in [4.78, 5) is 2.55. The second-order valence-electron chi connectivity index (χ2n) is 9.09. The molecule has 0 aromatic carbocycles. The van der Waals surface area contributed by atoms with Gasteiger partial charge in [0.1, 0.15) is 5.76 Å². The van der Waals surface area contributed by atoms with Gasteiger partial charge in [0.05, 0.1) is 30.6 Å². The van der Waals surface area contributed by atoms with Crippen LogP contribution in [0.25, 0.3) is 0 Å². The third-order valence-corrected chi connectivity index (χ3v) is 6.77. The highest BCUT2D eigenvalue weighted by atomic mass is 16.5. The molecule has 0 amide bonds. The first-order valence-electron chi connectivity index (χ1n) is 11.1. The fourth-order valence-electron chi connectivity index (χ4n) is 5.09. The van der Waals surface area contributed by atoms with Crippen molar-refractivity contribution in [3.05, 3.63) is 36.0 Å². The van der Waals surface area contributed by atoms with E-state index in [1.165, 1.54) is 12.8 Å². The van der Waals surface area contributed by atoms with E-state index in [1.807, 2.05) is 6.07 Å². The first kappa shape index (κ1) is 18.4. The first-order valence-corrected chi connectivity index (χ1v) is 11.1. The van der Waals surface area contributed by atoms with Gasteiger partial charge in [-0.3, -0.25) is 4.90 Å². The Labute approximate surface area is 167 Å². The maximum Gasteiger partial charge on any atom is 0.117 e. The van der Waals surface area contributed by atoms with E-state index in [2.05, 4.69) is 39.1 Å². The van der Waals surface area contributed by atoms with E-state index < -0.39 is 0 Å². The van der Waals surface area contributed by atoms with Crippen molar-refractivity contribution in [2.45, 2.75) is 64.1 Å². The lowest BCUT2D eigenvalue weighted by molar-refractivity contribution is -0.0375. The molecule has 3 aliphatic rings. The van der Waals surface area contributed by atoms with E-state index in [-0.39, 0.29) is 6.10 Å². The lowest BCUT2D eigenvalue weighted by Gasteiger charge is -2.37. The van der Waals surface area contributed by atoms with Crippen LogP contribution in [0.1, 0.15) is 56.5 Å². The largest absolute Gasteiger partial charge is 0.468 e. The minimum Gasteiger partial charge on any atom is -0.468 e. The van der Waals surface area contributed by atoms with Crippen LogP contribution in [0.3, 0.4) is 0 Å². The van der Waals surface area contributed by atoms with Gasteiger partial charge in [-0.05, 0) is 62.0 Å². The minimum absolute atomic E-state index is 0.265. The van der Waals surface area contributed by atoms with Crippen LogP contribution in [0.4, 0.5) is 0 Å². The van der Waals surface area contributed by atoms with Gasteiger partial charge in [0.25, 0.3) is 0 Å². The van der Waals surface area contributed by atoms with Gasteiger partial charge in [-0.1, -0.05) is 18.6 Å². The van der Waals surface area contributed by atoms with Crippen molar-refractivity contribution < 1.29 is 9.15 Å². The maximum atomic E-state index is 6.47. The lowest BCUT2D eigenvalue weighted by Crippen LogP contribution is -2.38. The standard InChI is InChI=1S/C22H32N4O2/c1-2-4-19-13-26(24-23-19)21-9-17-11-25(14-20-5-3-8-27-20)12-18(17)10-22(21)28-15-16-6-7-16/h3,5,8,13,16-18,21-22H,2,4,6-7,9-12,14-15H2,1H3/t17-,18+,21-,22-/m1/s1.